The van der Waals surface area contributed by atoms with Gasteiger partial charge in [0.05, 0.1) is 38.2 Å². The fraction of sp³-hybridized carbons (Fsp3) is 0.286. The molecule has 1 heterocycles. The maximum Gasteiger partial charge on any atom is 0.259 e. The molecule has 2 aromatic rings. The topological polar surface area (TPSA) is 48.0 Å². The standard InChI is InChI=1S/C21H23NO4/c1-13(2)22-18-9-7-6-8-15(18)16(21(22)23)12-17-19(25-4)10-14(24-3)11-20(17)26-5/h6-13H,1-5H3/b16-12+. The lowest BCUT2D eigenvalue weighted by Gasteiger charge is -2.21. The predicted octanol–water partition coefficient (Wildman–Crippen LogP) is 4.01. The van der Waals surface area contributed by atoms with E-state index in [2.05, 4.69) is 0 Å². The Morgan fingerprint density at radius 1 is 0.962 bits per heavy atom. The van der Waals surface area contributed by atoms with Gasteiger partial charge in [-0.3, -0.25) is 4.79 Å². The van der Waals surface area contributed by atoms with Crippen molar-refractivity contribution >= 4 is 23.2 Å². The van der Waals surface area contributed by atoms with E-state index in [1.807, 2.05) is 49.1 Å². The maximum atomic E-state index is 13.1. The average molecular weight is 353 g/mol. The second-order valence-corrected chi connectivity index (χ2v) is 6.29. The Hall–Kier alpha value is -2.95. The predicted molar refractivity (Wildman–Crippen MR) is 103 cm³/mol. The van der Waals surface area contributed by atoms with Gasteiger partial charge in [-0.25, -0.2) is 0 Å². The Kier molecular flexibility index (Phi) is 4.89. The van der Waals surface area contributed by atoms with E-state index >= 15 is 0 Å². The van der Waals surface area contributed by atoms with E-state index in [9.17, 15) is 4.79 Å². The van der Waals surface area contributed by atoms with Crippen molar-refractivity contribution < 1.29 is 19.0 Å². The van der Waals surface area contributed by atoms with E-state index in [4.69, 9.17) is 14.2 Å². The number of fused-ring (bicyclic) bond motifs is 1. The summed E-state index contributed by atoms with van der Waals surface area (Å²) in [4.78, 5) is 14.9. The molecule has 26 heavy (non-hydrogen) atoms. The van der Waals surface area contributed by atoms with Gasteiger partial charge in [-0.15, -0.1) is 0 Å². The van der Waals surface area contributed by atoms with E-state index in [0.717, 1.165) is 11.3 Å². The molecule has 3 rings (SSSR count). The maximum absolute atomic E-state index is 13.1. The Balaban J connectivity index is 2.21. The first kappa shape index (κ1) is 17.9. The van der Waals surface area contributed by atoms with Gasteiger partial charge in [0, 0.05) is 23.7 Å². The molecule has 0 atom stereocenters. The molecule has 0 saturated carbocycles. The number of ether oxygens (including phenoxy) is 3. The SMILES string of the molecule is COc1cc(OC)c(/C=C2/C(=O)N(C(C)C)c3ccccc32)c(OC)c1. The summed E-state index contributed by atoms with van der Waals surface area (Å²) in [6.07, 6.45) is 1.83. The molecule has 0 aliphatic carbocycles. The summed E-state index contributed by atoms with van der Waals surface area (Å²) in [7, 11) is 4.76. The average Bonchev–Trinajstić information content (AvgIpc) is 2.93. The normalized spacial score (nSPS) is 14.8. The van der Waals surface area contributed by atoms with E-state index in [0.29, 0.717) is 28.4 Å². The molecule has 0 unspecified atom stereocenters. The summed E-state index contributed by atoms with van der Waals surface area (Å²) in [6, 6.07) is 11.4. The van der Waals surface area contributed by atoms with Crippen molar-refractivity contribution in [1.29, 1.82) is 0 Å². The Morgan fingerprint density at radius 2 is 1.58 bits per heavy atom. The van der Waals surface area contributed by atoms with Crippen molar-refractivity contribution in [2.75, 3.05) is 26.2 Å². The first-order valence-electron chi connectivity index (χ1n) is 8.46. The number of hydrogen-bond acceptors (Lipinski definition) is 4. The second kappa shape index (κ2) is 7.12. The van der Waals surface area contributed by atoms with Crippen LogP contribution in [0.1, 0.15) is 25.0 Å². The fourth-order valence-electron chi connectivity index (χ4n) is 3.24. The molecular weight excluding hydrogens is 330 g/mol. The van der Waals surface area contributed by atoms with Crippen molar-refractivity contribution in [1.82, 2.24) is 0 Å². The zero-order valence-electron chi connectivity index (χ0n) is 15.7. The van der Waals surface area contributed by atoms with Gasteiger partial charge in [-0.1, -0.05) is 18.2 Å². The van der Waals surface area contributed by atoms with Crippen LogP contribution in [0.5, 0.6) is 17.2 Å². The lowest BCUT2D eigenvalue weighted by Crippen LogP contribution is -2.33. The minimum atomic E-state index is -0.0267. The zero-order valence-corrected chi connectivity index (χ0v) is 15.7. The Bertz CT molecular complexity index is 845. The van der Waals surface area contributed by atoms with Crippen LogP contribution in [0.25, 0.3) is 11.6 Å². The minimum absolute atomic E-state index is 0.0267. The number of amides is 1. The third-order valence-electron chi connectivity index (χ3n) is 4.46. The third-order valence-corrected chi connectivity index (χ3v) is 4.46. The van der Waals surface area contributed by atoms with E-state index in [1.165, 1.54) is 0 Å². The van der Waals surface area contributed by atoms with Gasteiger partial charge in [0.2, 0.25) is 0 Å². The first-order chi connectivity index (χ1) is 12.5. The van der Waals surface area contributed by atoms with Crippen LogP contribution in [0.15, 0.2) is 36.4 Å². The van der Waals surface area contributed by atoms with Crippen LogP contribution < -0.4 is 19.1 Å². The zero-order chi connectivity index (χ0) is 18.8. The fourth-order valence-corrected chi connectivity index (χ4v) is 3.24. The van der Waals surface area contributed by atoms with Crippen molar-refractivity contribution in [3.8, 4) is 17.2 Å². The molecule has 1 amide bonds. The highest BCUT2D eigenvalue weighted by molar-refractivity contribution is 6.36. The minimum Gasteiger partial charge on any atom is -0.496 e. The number of anilines is 1. The van der Waals surface area contributed by atoms with Crippen LogP contribution in [-0.2, 0) is 4.79 Å². The molecule has 1 aliphatic heterocycles. The van der Waals surface area contributed by atoms with Crippen LogP contribution in [0, 0.1) is 0 Å². The Morgan fingerprint density at radius 3 is 2.12 bits per heavy atom. The van der Waals surface area contributed by atoms with Gasteiger partial charge in [-0.05, 0) is 26.0 Å². The summed E-state index contributed by atoms with van der Waals surface area (Å²) in [5.74, 6) is 1.77. The molecule has 0 bridgehead atoms. The van der Waals surface area contributed by atoms with Crippen molar-refractivity contribution in [2.45, 2.75) is 19.9 Å². The van der Waals surface area contributed by atoms with Crippen LogP contribution in [-0.4, -0.2) is 33.3 Å². The van der Waals surface area contributed by atoms with Crippen LogP contribution in [0.2, 0.25) is 0 Å². The van der Waals surface area contributed by atoms with E-state index < -0.39 is 0 Å². The molecule has 0 radical (unpaired) electrons. The number of para-hydroxylation sites is 1. The third kappa shape index (κ3) is 2.90. The largest absolute Gasteiger partial charge is 0.496 e. The van der Waals surface area contributed by atoms with Gasteiger partial charge in [0.15, 0.2) is 0 Å². The number of benzene rings is 2. The molecule has 0 aromatic heterocycles. The monoisotopic (exact) mass is 353 g/mol. The highest BCUT2D eigenvalue weighted by Crippen LogP contribution is 2.42. The lowest BCUT2D eigenvalue weighted by atomic mass is 10.0. The van der Waals surface area contributed by atoms with Gasteiger partial charge < -0.3 is 19.1 Å². The molecular formula is C21H23NO4. The van der Waals surface area contributed by atoms with E-state index in [-0.39, 0.29) is 11.9 Å². The summed E-state index contributed by atoms with van der Waals surface area (Å²) < 4.78 is 16.3. The summed E-state index contributed by atoms with van der Waals surface area (Å²) in [5, 5.41) is 0. The van der Waals surface area contributed by atoms with Crippen molar-refractivity contribution in [3.05, 3.63) is 47.5 Å². The van der Waals surface area contributed by atoms with Gasteiger partial charge in [0.25, 0.3) is 5.91 Å². The summed E-state index contributed by atoms with van der Waals surface area (Å²) in [5.41, 5.74) is 3.16. The van der Waals surface area contributed by atoms with Crippen LogP contribution in [0.4, 0.5) is 5.69 Å². The van der Waals surface area contributed by atoms with Crippen molar-refractivity contribution in [2.24, 2.45) is 0 Å². The highest BCUT2D eigenvalue weighted by Gasteiger charge is 2.34. The molecule has 0 N–H and O–H groups in total. The molecule has 1 aliphatic rings. The molecule has 0 fully saturated rings. The number of rotatable bonds is 5. The first-order valence-corrected chi connectivity index (χ1v) is 8.46. The number of carbonyl (C=O) groups is 1. The smallest absolute Gasteiger partial charge is 0.259 e. The van der Waals surface area contributed by atoms with Crippen molar-refractivity contribution in [3.63, 3.8) is 0 Å². The van der Waals surface area contributed by atoms with E-state index in [1.54, 1.807) is 33.5 Å². The molecule has 136 valence electrons. The quantitative estimate of drug-likeness (QED) is 0.762. The molecule has 5 heteroatoms. The number of methoxy groups -OCH3 is 3. The summed E-state index contributed by atoms with van der Waals surface area (Å²) in [6.45, 7) is 4.01. The highest BCUT2D eigenvalue weighted by atomic mass is 16.5. The van der Waals surface area contributed by atoms with Gasteiger partial charge >= 0.3 is 0 Å². The molecule has 0 saturated heterocycles. The Labute approximate surface area is 153 Å². The lowest BCUT2D eigenvalue weighted by molar-refractivity contribution is -0.113. The van der Waals surface area contributed by atoms with Gasteiger partial charge in [0.1, 0.15) is 17.2 Å². The summed E-state index contributed by atoms with van der Waals surface area (Å²) >= 11 is 0. The molecule has 2 aromatic carbocycles. The number of nitrogens with zero attached hydrogens (tertiary/aromatic N) is 1. The van der Waals surface area contributed by atoms with Crippen LogP contribution >= 0.6 is 0 Å². The second-order valence-electron chi connectivity index (χ2n) is 6.29. The number of carbonyl (C=O) groups excluding carboxylic acids is 1. The number of hydrogen-bond donors (Lipinski definition) is 0. The van der Waals surface area contributed by atoms with Gasteiger partial charge in [-0.2, -0.15) is 0 Å². The van der Waals surface area contributed by atoms with Crippen LogP contribution in [0.3, 0.4) is 0 Å². The molecule has 0 spiro atoms. The molecule has 5 nitrogen and oxygen atoms in total.